The first-order chi connectivity index (χ1) is 14.1. The number of aromatic amines is 1. The molecule has 2 saturated heterocycles. The molecule has 0 aliphatic carbocycles. The zero-order valence-electron chi connectivity index (χ0n) is 16.8. The lowest BCUT2D eigenvalue weighted by atomic mass is 10.2. The number of hydrogen-bond acceptors (Lipinski definition) is 7. The van der Waals surface area contributed by atoms with Crippen LogP contribution >= 0.6 is 11.8 Å². The standard InChI is InChI=1S/C20H26N4O4S/c1-27-16-10-13-14(11-17(16)28-2)21-18(22-19(13)25)12-24-5-3-4-15(24)20(26)23-6-8-29-9-7-23/h10-11,15H,3-9,12H2,1-2H3,(H,21,22,25). The molecule has 0 bridgehead atoms. The lowest BCUT2D eigenvalue weighted by Crippen LogP contribution is -2.48. The van der Waals surface area contributed by atoms with Crippen LogP contribution in [0.4, 0.5) is 0 Å². The maximum atomic E-state index is 13.0. The van der Waals surface area contributed by atoms with Crippen molar-refractivity contribution in [3.05, 3.63) is 28.3 Å². The van der Waals surface area contributed by atoms with E-state index in [1.807, 2.05) is 16.7 Å². The number of thioether (sulfide) groups is 1. The molecule has 1 aromatic carbocycles. The second kappa shape index (κ2) is 8.62. The van der Waals surface area contributed by atoms with Gasteiger partial charge >= 0.3 is 0 Å². The minimum absolute atomic E-state index is 0.135. The number of hydrogen-bond donors (Lipinski definition) is 1. The van der Waals surface area contributed by atoms with Crippen molar-refractivity contribution in [2.75, 3.05) is 45.4 Å². The Morgan fingerprint density at radius 1 is 1.21 bits per heavy atom. The van der Waals surface area contributed by atoms with Crippen molar-refractivity contribution in [2.24, 2.45) is 0 Å². The van der Waals surface area contributed by atoms with Gasteiger partial charge in [0.15, 0.2) is 11.5 Å². The van der Waals surface area contributed by atoms with Crippen molar-refractivity contribution >= 4 is 28.6 Å². The number of nitrogens with zero attached hydrogens (tertiary/aromatic N) is 3. The topological polar surface area (TPSA) is 87.8 Å². The quantitative estimate of drug-likeness (QED) is 0.787. The molecule has 1 amide bonds. The van der Waals surface area contributed by atoms with Gasteiger partial charge < -0.3 is 19.4 Å². The van der Waals surface area contributed by atoms with Gasteiger partial charge in [-0.05, 0) is 25.5 Å². The highest BCUT2D eigenvalue weighted by molar-refractivity contribution is 7.99. The van der Waals surface area contributed by atoms with E-state index < -0.39 is 0 Å². The molecule has 0 radical (unpaired) electrons. The minimum atomic E-state index is -0.221. The molecule has 1 N–H and O–H groups in total. The molecule has 2 aromatic rings. The molecule has 156 valence electrons. The molecule has 29 heavy (non-hydrogen) atoms. The molecule has 1 aromatic heterocycles. The molecule has 1 unspecified atom stereocenters. The van der Waals surface area contributed by atoms with Crippen LogP contribution in [0, 0.1) is 0 Å². The smallest absolute Gasteiger partial charge is 0.258 e. The molecule has 2 aliphatic heterocycles. The van der Waals surface area contributed by atoms with Gasteiger partial charge in [-0.3, -0.25) is 14.5 Å². The third-order valence-corrected chi connectivity index (χ3v) is 6.53. The Kier molecular flexibility index (Phi) is 5.96. The van der Waals surface area contributed by atoms with Gasteiger partial charge in [-0.15, -0.1) is 0 Å². The van der Waals surface area contributed by atoms with Crippen LogP contribution in [0.1, 0.15) is 18.7 Å². The third kappa shape index (κ3) is 4.06. The maximum Gasteiger partial charge on any atom is 0.258 e. The average Bonchev–Trinajstić information content (AvgIpc) is 3.21. The van der Waals surface area contributed by atoms with E-state index in [0.29, 0.717) is 34.8 Å². The van der Waals surface area contributed by atoms with Gasteiger partial charge in [-0.25, -0.2) is 4.98 Å². The summed E-state index contributed by atoms with van der Waals surface area (Å²) in [5.41, 5.74) is 0.331. The lowest BCUT2D eigenvalue weighted by molar-refractivity contribution is -0.135. The third-order valence-electron chi connectivity index (χ3n) is 5.58. The Hall–Kier alpha value is -2.26. The van der Waals surface area contributed by atoms with Crippen LogP contribution < -0.4 is 15.0 Å². The van der Waals surface area contributed by atoms with E-state index in [2.05, 4.69) is 14.9 Å². The Bertz CT molecular complexity index is 957. The number of benzene rings is 1. The molecule has 0 saturated carbocycles. The summed E-state index contributed by atoms with van der Waals surface area (Å²) >= 11 is 1.89. The van der Waals surface area contributed by atoms with E-state index in [1.54, 1.807) is 19.2 Å². The fourth-order valence-corrected chi connectivity index (χ4v) is 4.97. The first-order valence-electron chi connectivity index (χ1n) is 9.86. The summed E-state index contributed by atoms with van der Waals surface area (Å²) < 4.78 is 10.6. The van der Waals surface area contributed by atoms with Gasteiger partial charge in [-0.1, -0.05) is 0 Å². The number of carbonyl (C=O) groups is 1. The summed E-state index contributed by atoms with van der Waals surface area (Å²) in [7, 11) is 3.09. The first-order valence-corrected chi connectivity index (χ1v) is 11.0. The summed E-state index contributed by atoms with van der Waals surface area (Å²) in [6, 6.07) is 3.22. The summed E-state index contributed by atoms with van der Waals surface area (Å²) in [5, 5.41) is 0.450. The molecule has 1 atom stereocenters. The van der Waals surface area contributed by atoms with E-state index in [9.17, 15) is 9.59 Å². The molecular formula is C20H26N4O4S. The molecule has 9 heteroatoms. The van der Waals surface area contributed by atoms with Gasteiger partial charge in [0, 0.05) is 30.7 Å². The van der Waals surface area contributed by atoms with Crippen molar-refractivity contribution in [2.45, 2.75) is 25.4 Å². The summed E-state index contributed by atoms with van der Waals surface area (Å²) in [6.45, 7) is 2.91. The number of aromatic nitrogens is 2. The van der Waals surface area contributed by atoms with Crippen LogP contribution in [0.3, 0.4) is 0 Å². The fraction of sp³-hybridized carbons (Fsp3) is 0.550. The van der Waals surface area contributed by atoms with Crippen LogP contribution in [0.25, 0.3) is 10.9 Å². The average molecular weight is 419 g/mol. The number of amides is 1. The van der Waals surface area contributed by atoms with E-state index in [4.69, 9.17) is 9.47 Å². The first kappa shape index (κ1) is 20.0. The van der Waals surface area contributed by atoms with Crippen molar-refractivity contribution in [1.82, 2.24) is 19.8 Å². The number of nitrogens with one attached hydrogen (secondary N) is 1. The van der Waals surface area contributed by atoms with E-state index in [0.717, 1.165) is 44.0 Å². The number of carbonyl (C=O) groups excluding carboxylic acids is 1. The molecule has 0 spiro atoms. The highest BCUT2D eigenvalue weighted by Gasteiger charge is 2.34. The predicted molar refractivity (Wildman–Crippen MR) is 113 cm³/mol. The van der Waals surface area contributed by atoms with Crippen molar-refractivity contribution < 1.29 is 14.3 Å². The minimum Gasteiger partial charge on any atom is -0.493 e. The van der Waals surface area contributed by atoms with Crippen LogP contribution in [0.2, 0.25) is 0 Å². The van der Waals surface area contributed by atoms with Gasteiger partial charge in [0.2, 0.25) is 5.91 Å². The number of methoxy groups -OCH3 is 2. The molecule has 8 nitrogen and oxygen atoms in total. The summed E-state index contributed by atoms with van der Waals surface area (Å²) in [5.74, 6) is 3.79. The highest BCUT2D eigenvalue weighted by Crippen LogP contribution is 2.30. The van der Waals surface area contributed by atoms with Crippen molar-refractivity contribution in [1.29, 1.82) is 0 Å². The Balaban J connectivity index is 1.58. The van der Waals surface area contributed by atoms with Crippen molar-refractivity contribution in [3.63, 3.8) is 0 Å². The van der Waals surface area contributed by atoms with Crippen LogP contribution in [-0.2, 0) is 11.3 Å². The number of likely N-dealkylation sites (tertiary alicyclic amines) is 1. The van der Waals surface area contributed by atoms with Crippen molar-refractivity contribution in [3.8, 4) is 11.5 Å². The van der Waals surface area contributed by atoms with Gasteiger partial charge in [0.1, 0.15) is 5.82 Å². The normalized spacial score (nSPS) is 20.2. The van der Waals surface area contributed by atoms with E-state index in [1.165, 1.54) is 7.11 Å². The van der Waals surface area contributed by atoms with Crippen LogP contribution in [0.15, 0.2) is 16.9 Å². The Morgan fingerprint density at radius 2 is 1.93 bits per heavy atom. The summed E-state index contributed by atoms with van der Waals surface area (Å²) in [4.78, 5) is 37.2. The zero-order valence-corrected chi connectivity index (χ0v) is 17.6. The monoisotopic (exact) mass is 418 g/mol. The van der Waals surface area contributed by atoms with Gasteiger partial charge in [-0.2, -0.15) is 11.8 Å². The second-order valence-corrected chi connectivity index (χ2v) is 8.53. The van der Waals surface area contributed by atoms with Crippen LogP contribution in [-0.4, -0.2) is 77.1 Å². The molecule has 2 aliphatic rings. The number of rotatable bonds is 5. The molecule has 2 fully saturated rings. The highest BCUT2D eigenvalue weighted by atomic mass is 32.2. The van der Waals surface area contributed by atoms with E-state index >= 15 is 0 Å². The SMILES string of the molecule is COc1cc2nc(CN3CCCC3C(=O)N3CCSCC3)[nH]c(=O)c2cc1OC. The molecule has 3 heterocycles. The number of ether oxygens (including phenoxy) is 2. The largest absolute Gasteiger partial charge is 0.493 e. The molecule has 4 rings (SSSR count). The number of fused-ring (bicyclic) bond motifs is 1. The van der Waals surface area contributed by atoms with E-state index in [-0.39, 0.29) is 17.5 Å². The second-order valence-electron chi connectivity index (χ2n) is 7.30. The maximum absolute atomic E-state index is 13.0. The predicted octanol–water partition coefficient (Wildman–Crippen LogP) is 1.48. The van der Waals surface area contributed by atoms with Gasteiger partial charge in [0.25, 0.3) is 5.56 Å². The molecular weight excluding hydrogens is 392 g/mol. The Morgan fingerprint density at radius 3 is 2.66 bits per heavy atom. The summed E-state index contributed by atoms with van der Waals surface area (Å²) in [6.07, 6.45) is 1.83. The van der Waals surface area contributed by atoms with Gasteiger partial charge in [0.05, 0.1) is 37.7 Å². The lowest BCUT2D eigenvalue weighted by Gasteiger charge is -2.32. The fourth-order valence-electron chi connectivity index (χ4n) is 4.07. The Labute approximate surface area is 173 Å². The van der Waals surface area contributed by atoms with Crippen LogP contribution in [0.5, 0.6) is 11.5 Å². The number of H-pyrrole nitrogens is 1. The zero-order chi connectivity index (χ0) is 20.4.